The zero-order valence-corrected chi connectivity index (χ0v) is 24.8. The number of hydrogen-bond donors (Lipinski definition) is 0. The van der Waals surface area contributed by atoms with Crippen molar-refractivity contribution in [1.29, 1.82) is 0 Å². The fraction of sp³-hybridized carbons (Fsp3) is 0.429. The van der Waals surface area contributed by atoms with Crippen LogP contribution in [0.15, 0.2) is 52.4 Å². The Morgan fingerprint density at radius 3 is 2.10 bits per heavy atom. The highest BCUT2D eigenvalue weighted by Gasteiger charge is 2.52. The van der Waals surface area contributed by atoms with Gasteiger partial charge in [-0.15, -0.1) is 0 Å². The fourth-order valence-corrected chi connectivity index (χ4v) is 6.35. The molecule has 5 rings (SSSR count). The van der Waals surface area contributed by atoms with Crippen LogP contribution in [-0.4, -0.2) is 45.1 Å². The highest BCUT2D eigenvalue weighted by molar-refractivity contribution is 7.90. The second-order valence-electron chi connectivity index (χ2n) is 11.7. The quantitative estimate of drug-likeness (QED) is 0.350. The third-order valence-corrected chi connectivity index (χ3v) is 9.64. The Balaban J connectivity index is 1.88. The summed E-state index contributed by atoms with van der Waals surface area (Å²) in [5.74, 6) is 0. The first-order valence-electron chi connectivity index (χ1n) is 13.0. The van der Waals surface area contributed by atoms with Crippen LogP contribution in [-0.2, 0) is 26.4 Å². The molecule has 1 aromatic carbocycles. The summed E-state index contributed by atoms with van der Waals surface area (Å²) in [6, 6.07) is 8.43. The van der Waals surface area contributed by atoms with Crippen molar-refractivity contribution in [2.75, 3.05) is 0 Å². The minimum absolute atomic E-state index is 0.0389. The molecule has 0 bridgehead atoms. The van der Waals surface area contributed by atoms with Crippen molar-refractivity contribution in [2.45, 2.75) is 77.5 Å². The second-order valence-corrected chi connectivity index (χ2v) is 13.5. The van der Waals surface area contributed by atoms with Crippen LogP contribution in [0.1, 0.15) is 58.8 Å². The van der Waals surface area contributed by atoms with E-state index in [4.69, 9.17) is 9.31 Å². The summed E-state index contributed by atoms with van der Waals surface area (Å²) in [7, 11) is -3.38. The predicted octanol–water partition coefficient (Wildman–Crippen LogP) is 3.94. The minimum atomic E-state index is -4.19. The van der Waals surface area contributed by atoms with Gasteiger partial charge in [0.1, 0.15) is 5.52 Å². The van der Waals surface area contributed by atoms with Gasteiger partial charge in [-0.1, -0.05) is 17.7 Å². The molecule has 1 aliphatic heterocycles. The van der Waals surface area contributed by atoms with Crippen LogP contribution in [0, 0.1) is 13.8 Å². The van der Waals surface area contributed by atoms with E-state index in [1.165, 1.54) is 8.54 Å². The predicted molar refractivity (Wildman–Crippen MR) is 153 cm³/mol. The van der Waals surface area contributed by atoms with E-state index in [0.29, 0.717) is 27.8 Å². The highest BCUT2D eigenvalue weighted by atomic mass is 32.2. The number of rotatable bonds is 5. The van der Waals surface area contributed by atoms with E-state index in [-0.39, 0.29) is 16.5 Å². The van der Waals surface area contributed by atoms with E-state index in [1.54, 1.807) is 48.3 Å². The SMILES string of the molecule is Cc1ccc(S(=O)(=O)n2c(-c3cn(C(C)C)nc3C)cc3c(B4OC(C)(C)C(C)(C)O4)cn(C)c(=O)c32)cc1. The Labute approximate surface area is 229 Å². The first kappa shape index (κ1) is 27.4. The van der Waals surface area contributed by atoms with E-state index in [2.05, 4.69) is 5.10 Å². The van der Waals surface area contributed by atoms with Crippen molar-refractivity contribution in [3.63, 3.8) is 0 Å². The van der Waals surface area contributed by atoms with Crippen LogP contribution in [0.2, 0.25) is 0 Å². The van der Waals surface area contributed by atoms with Crippen molar-refractivity contribution in [1.82, 2.24) is 18.3 Å². The molecule has 11 heteroatoms. The lowest BCUT2D eigenvalue weighted by atomic mass is 9.78. The molecule has 0 spiro atoms. The average molecular weight is 550 g/mol. The highest BCUT2D eigenvalue weighted by Crippen LogP contribution is 2.38. The van der Waals surface area contributed by atoms with Gasteiger partial charge in [-0.2, -0.15) is 5.10 Å². The van der Waals surface area contributed by atoms with E-state index >= 15 is 0 Å². The fourth-order valence-electron chi connectivity index (χ4n) is 4.83. The molecule has 3 aromatic heterocycles. The lowest BCUT2D eigenvalue weighted by Crippen LogP contribution is -2.41. The summed E-state index contributed by atoms with van der Waals surface area (Å²) < 4.78 is 45.6. The second kappa shape index (κ2) is 8.94. The molecule has 0 unspecified atom stereocenters. The Morgan fingerprint density at radius 2 is 1.56 bits per heavy atom. The smallest absolute Gasteiger partial charge is 0.399 e. The molecule has 9 nitrogen and oxygen atoms in total. The number of hydrogen-bond acceptors (Lipinski definition) is 6. The summed E-state index contributed by atoms with van der Waals surface area (Å²) in [6.07, 6.45) is 3.50. The number of aromatic nitrogens is 4. The Kier molecular flexibility index (Phi) is 6.28. The van der Waals surface area contributed by atoms with Crippen LogP contribution in [0.3, 0.4) is 0 Å². The Hall–Kier alpha value is -3.15. The molecule has 206 valence electrons. The van der Waals surface area contributed by atoms with Gasteiger partial charge < -0.3 is 13.9 Å². The normalized spacial score (nSPS) is 17.0. The van der Waals surface area contributed by atoms with Crippen LogP contribution >= 0.6 is 0 Å². The van der Waals surface area contributed by atoms with E-state index < -0.39 is 33.9 Å². The topological polar surface area (TPSA) is 97.3 Å². The number of pyridine rings is 1. The monoisotopic (exact) mass is 550 g/mol. The summed E-state index contributed by atoms with van der Waals surface area (Å²) in [6.45, 7) is 15.5. The molecule has 1 saturated heterocycles. The molecule has 0 aliphatic carbocycles. The van der Waals surface area contributed by atoms with Crippen molar-refractivity contribution in [3.05, 3.63) is 64.3 Å². The maximum Gasteiger partial charge on any atom is 0.497 e. The molecular weight excluding hydrogens is 515 g/mol. The van der Waals surface area contributed by atoms with Gasteiger partial charge >= 0.3 is 7.12 Å². The molecule has 39 heavy (non-hydrogen) atoms. The van der Waals surface area contributed by atoms with Gasteiger partial charge in [0.25, 0.3) is 15.6 Å². The van der Waals surface area contributed by atoms with Crippen molar-refractivity contribution < 1.29 is 17.7 Å². The molecule has 1 aliphatic rings. The third kappa shape index (κ3) is 4.27. The summed E-state index contributed by atoms with van der Waals surface area (Å²) >= 11 is 0. The first-order valence-corrected chi connectivity index (χ1v) is 14.5. The van der Waals surface area contributed by atoms with Gasteiger partial charge in [-0.25, -0.2) is 12.4 Å². The third-order valence-electron chi connectivity index (χ3n) is 7.91. The van der Waals surface area contributed by atoms with Gasteiger partial charge in [0, 0.05) is 41.9 Å². The van der Waals surface area contributed by atoms with Gasteiger partial charge in [-0.3, -0.25) is 9.48 Å². The zero-order valence-electron chi connectivity index (χ0n) is 23.9. The molecule has 1 fully saturated rings. The minimum Gasteiger partial charge on any atom is -0.399 e. The molecule has 4 heterocycles. The van der Waals surface area contributed by atoms with Crippen molar-refractivity contribution in [3.8, 4) is 11.3 Å². The Morgan fingerprint density at radius 1 is 0.974 bits per heavy atom. The number of fused-ring (bicyclic) bond motifs is 1. The average Bonchev–Trinajstić information content (AvgIpc) is 3.48. The van der Waals surface area contributed by atoms with E-state index in [0.717, 1.165) is 5.56 Å². The first-order chi connectivity index (χ1) is 18.0. The van der Waals surface area contributed by atoms with E-state index in [9.17, 15) is 13.2 Å². The maximum absolute atomic E-state index is 14.3. The maximum atomic E-state index is 14.3. The number of benzene rings is 1. The van der Waals surface area contributed by atoms with Crippen molar-refractivity contribution >= 4 is 33.5 Å². The molecule has 0 amide bonds. The van der Waals surface area contributed by atoms with Crippen LogP contribution < -0.4 is 11.0 Å². The van der Waals surface area contributed by atoms with Gasteiger partial charge in [-0.05, 0) is 73.6 Å². The van der Waals surface area contributed by atoms with Gasteiger partial charge in [0.2, 0.25) is 0 Å². The molecule has 0 N–H and O–H groups in total. The van der Waals surface area contributed by atoms with Gasteiger partial charge in [0.05, 0.1) is 27.5 Å². The van der Waals surface area contributed by atoms with Crippen LogP contribution in [0.4, 0.5) is 0 Å². The van der Waals surface area contributed by atoms with Crippen LogP contribution in [0.25, 0.3) is 22.2 Å². The number of nitrogens with zero attached hydrogens (tertiary/aromatic N) is 4. The zero-order chi connectivity index (χ0) is 28.7. The van der Waals surface area contributed by atoms with Gasteiger partial charge in [0.15, 0.2) is 0 Å². The molecular formula is C28H35BN4O5S. The largest absolute Gasteiger partial charge is 0.497 e. The van der Waals surface area contributed by atoms with E-state index in [1.807, 2.05) is 61.6 Å². The molecule has 0 radical (unpaired) electrons. The lowest BCUT2D eigenvalue weighted by Gasteiger charge is -2.32. The standard InChI is InChI=1S/C28H35BN4O5S/c1-17(2)32-15-22(19(4)30-32)24-14-21-23(29-37-27(5,6)28(7,8)38-29)16-31(9)26(34)25(21)33(24)39(35,36)20-12-10-18(3)11-13-20/h10-17H,1-9H3. The van der Waals surface area contributed by atoms with Crippen molar-refractivity contribution in [2.24, 2.45) is 7.05 Å². The molecule has 0 saturated carbocycles. The summed E-state index contributed by atoms with van der Waals surface area (Å²) in [5, 5.41) is 5.08. The Bertz CT molecular complexity index is 1750. The lowest BCUT2D eigenvalue weighted by molar-refractivity contribution is 0.00578. The summed E-state index contributed by atoms with van der Waals surface area (Å²) in [4.78, 5) is 13.8. The number of aryl methyl sites for hydroxylation is 3. The summed E-state index contributed by atoms with van der Waals surface area (Å²) in [5.41, 5.74) is 1.51. The van der Waals surface area contributed by atoms with Crippen LogP contribution in [0.5, 0.6) is 0 Å². The molecule has 4 aromatic rings. The molecule has 0 atom stereocenters.